The zero-order chi connectivity index (χ0) is 27.4. The number of halogens is 1. The number of hydrogen-bond donors (Lipinski definition) is 2. The van der Waals surface area contributed by atoms with E-state index in [-0.39, 0.29) is 30.0 Å². The number of anilines is 1. The average Bonchev–Trinajstić information content (AvgIpc) is 3.41. The summed E-state index contributed by atoms with van der Waals surface area (Å²) in [6.07, 6.45) is 4.32. The molecule has 3 aromatic heterocycles. The molecule has 1 aliphatic carbocycles. The first-order valence-corrected chi connectivity index (χ1v) is 13.3. The highest BCUT2D eigenvalue weighted by molar-refractivity contribution is 9.10. The van der Waals surface area contributed by atoms with Gasteiger partial charge in [-0.05, 0) is 77.4 Å². The minimum absolute atomic E-state index is 0.0717. The Morgan fingerprint density at radius 2 is 1.87 bits per heavy atom. The lowest BCUT2D eigenvalue weighted by Crippen LogP contribution is -2.47. The Morgan fingerprint density at radius 3 is 2.62 bits per heavy atom. The van der Waals surface area contributed by atoms with Crippen LogP contribution in [0.2, 0.25) is 0 Å². The molecule has 1 aromatic carbocycles. The molecule has 0 radical (unpaired) electrons. The molecule has 39 heavy (non-hydrogen) atoms. The fraction of sp³-hybridized carbons (Fsp3) is 0.296. The van der Waals surface area contributed by atoms with E-state index in [9.17, 15) is 14.4 Å². The molecule has 3 amide bonds. The van der Waals surface area contributed by atoms with E-state index in [4.69, 9.17) is 5.73 Å². The summed E-state index contributed by atoms with van der Waals surface area (Å²) < 4.78 is 2.09. The predicted octanol–water partition coefficient (Wildman–Crippen LogP) is 2.85. The van der Waals surface area contributed by atoms with E-state index in [1.54, 1.807) is 42.4 Å². The van der Waals surface area contributed by atoms with Gasteiger partial charge >= 0.3 is 0 Å². The molecule has 1 saturated carbocycles. The quantitative estimate of drug-likeness (QED) is 0.329. The molecule has 1 aliphatic heterocycles. The van der Waals surface area contributed by atoms with Gasteiger partial charge in [0.2, 0.25) is 11.8 Å². The van der Waals surface area contributed by atoms with Gasteiger partial charge in [0, 0.05) is 29.9 Å². The Kier molecular flexibility index (Phi) is 6.13. The lowest BCUT2D eigenvalue weighted by atomic mass is 10.1. The highest BCUT2D eigenvalue weighted by Crippen LogP contribution is 2.50. The second-order valence-electron chi connectivity index (χ2n) is 10.1. The number of rotatable bonds is 6. The average molecular weight is 589 g/mol. The third kappa shape index (κ3) is 4.65. The number of aromatic nitrogens is 5. The van der Waals surface area contributed by atoms with Crippen molar-refractivity contribution in [3.05, 3.63) is 64.4 Å². The summed E-state index contributed by atoms with van der Waals surface area (Å²) in [4.78, 5) is 53.6. The number of nitrogens with one attached hydrogen (secondary N) is 1. The van der Waals surface area contributed by atoms with Crippen molar-refractivity contribution in [1.29, 1.82) is 0 Å². The van der Waals surface area contributed by atoms with E-state index in [2.05, 4.69) is 41.3 Å². The summed E-state index contributed by atoms with van der Waals surface area (Å²) in [5, 5.41) is 7.82. The maximum Gasteiger partial charge on any atom is 0.269 e. The third-order valence-corrected chi connectivity index (χ3v) is 7.87. The molecule has 11 nitrogen and oxygen atoms in total. The second-order valence-corrected chi connectivity index (χ2v) is 10.9. The van der Waals surface area contributed by atoms with Crippen LogP contribution in [-0.2, 0) is 16.1 Å². The molecule has 3 atom stereocenters. The minimum atomic E-state index is -0.694. The Hall–Kier alpha value is -4.19. The molecule has 3 N–H and O–H groups in total. The molecule has 1 saturated heterocycles. The summed E-state index contributed by atoms with van der Waals surface area (Å²) >= 11 is 3.34. The molecule has 4 heterocycles. The fourth-order valence-electron chi connectivity index (χ4n) is 5.30. The molecular weight excluding hydrogens is 564 g/mol. The first-order valence-electron chi connectivity index (χ1n) is 12.5. The summed E-state index contributed by atoms with van der Waals surface area (Å²) in [6.45, 7) is 4.04. The van der Waals surface area contributed by atoms with Crippen molar-refractivity contribution < 1.29 is 14.4 Å². The second kappa shape index (κ2) is 9.53. The molecular formula is C27H25BrN8O3. The third-order valence-electron chi connectivity index (χ3n) is 7.43. The number of primary amides is 1. The SMILES string of the molecule is Cc1ncc(-c2ccc3c(c2)c(C(N)=O)nn3CC(=O)N2C[C@H]3C[C@H]3[C@H]2C(=O)Nc2nc(Br)ccc2C)cn1. The van der Waals surface area contributed by atoms with Crippen LogP contribution in [0.4, 0.5) is 5.82 Å². The largest absolute Gasteiger partial charge is 0.364 e. The predicted molar refractivity (Wildman–Crippen MR) is 146 cm³/mol. The van der Waals surface area contributed by atoms with Gasteiger partial charge in [-0.25, -0.2) is 15.0 Å². The van der Waals surface area contributed by atoms with Crippen molar-refractivity contribution in [1.82, 2.24) is 29.6 Å². The van der Waals surface area contributed by atoms with Gasteiger partial charge in [0.1, 0.15) is 28.8 Å². The van der Waals surface area contributed by atoms with Crippen molar-refractivity contribution >= 4 is 50.4 Å². The summed E-state index contributed by atoms with van der Waals surface area (Å²) in [7, 11) is 0. The molecule has 4 aromatic rings. The van der Waals surface area contributed by atoms with Gasteiger partial charge < -0.3 is 16.0 Å². The van der Waals surface area contributed by atoms with Crippen LogP contribution in [-0.4, -0.2) is 59.9 Å². The maximum atomic E-state index is 13.5. The van der Waals surface area contributed by atoms with Gasteiger partial charge in [-0.15, -0.1) is 0 Å². The van der Waals surface area contributed by atoms with Gasteiger partial charge in [0.05, 0.1) is 5.52 Å². The first kappa shape index (κ1) is 25.1. The maximum absolute atomic E-state index is 13.5. The molecule has 6 rings (SSSR count). The normalized spacial score (nSPS) is 19.7. The molecule has 2 aliphatic rings. The summed E-state index contributed by atoms with van der Waals surface area (Å²) in [6, 6.07) is 8.53. The lowest BCUT2D eigenvalue weighted by Gasteiger charge is -2.27. The van der Waals surface area contributed by atoms with E-state index >= 15 is 0 Å². The van der Waals surface area contributed by atoms with E-state index < -0.39 is 11.9 Å². The van der Waals surface area contributed by atoms with E-state index in [1.165, 1.54) is 4.68 Å². The van der Waals surface area contributed by atoms with Crippen molar-refractivity contribution in [2.24, 2.45) is 17.6 Å². The standard InChI is InChI=1S/C27H25BrN8O3/c1-13-3-6-21(28)32-26(13)33-27(39)24-18-8-16(18)11-35(24)22(37)12-36-20-5-4-15(17-9-30-14(2)31-10-17)7-19(20)23(34-36)25(29)38/h3-7,9-10,16,18,24H,8,11-12H2,1-2H3,(H2,29,38)(H,32,33,39)/t16-,18-,24+/m1/s1. The van der Waals surface area contributed by atoms with Crippen LogP contribution >= 0.6 is 15.9 Å². The van der Waals surface area contributed by atoms with E-state index in [0.29, 0.717) is 39.6 Å². The number of nitrogens with zero attached hydrogens (tertiary/aromatic N) is 6. The topological polar surface area (TPSA) is 149 Å². The number of nitrogens with two attached hydrogens (primary N) is 1. The minimum Gasteiger partial charge on any atom is -0.364 e. The van der Waals surface area contributed by atoms with Crippen molar-refractivity contribution in [2.75, 3.05) is 11.9 Å². The van der Waals surface area contributed by atoms with Gasteiger partial charge in [-0.3, -0.25) is 19.1 Å². The summed E-state index contributed by atoms with van der Waals surface area (Å²) in [5.74, 6) is 0.337. The number of carbonyl (C=O) groups is 3. The van der Waals surface area contributed by atoms with Crippen LogP contribution in [0.15, 0.2) is 47.3 Å². The van der Waals surface area contributed by atoms with E-state index in [0.717, 1.165) is 23.1 Å². The number of piperidine rings is 1. The highest BCUT2D eigenvalue weighted by atomic mass is 79.9. The van der Waals surface area contributed by atoms with Gasteiger partial charge in [0.15, 0.2) is 5.69 Å². The zero-order valence-electron chi connectivity index (χ0n) is 21.3. The van der Waals surface area contributed by atoms with Crippen LogP contribution in [0.1, 0.15) is 28.3 Å². The number of carbonyl (C=O) groups excluding carboxylic acids is 3. The van der Waals surface area contributed by atoms with Crippen LogP contribution < -0.4 is 11.1 Å². The van der Waals surface area contributed by atoms with Crippen LogP contribution in [0.3, 0.4) is 0 Å². The van der Waals surface area contributed by atoms with Crippen LogP contribution in [0, 0.1) is 25.7 Å². The van der Waals surface area contributed by atoms with Crippen LogP contribution in [0.5, 0.6) is 0 Å². The number of fused-ring (bicyclic) bond motifs is 2. The van der Waals surface area contributed by atoms with Crippen molar-refractivity contribution in [2.45, 2.75) is 32.9 Å². The highest BCUT2D eigenvalue weighted by Gasteiger charge is 2.56. The lowest BCUT2D eigenvalue weighted by molar-refractivity contribution is -0.138. The molecule has 0 unspecified atom stereocenters. The molecule has 12 heteroatoms. The number of pyridine rings is 1. The number of amides is 3. The van der Waals surface area contributed by atoms with Crippen molar-refractivity contribution in [3.63, 3.8) is 0 Å². The zero-order valence-corrected chi connectivity index (χ0v) is 22.8. The fourth-order valence-corrected chi connectivity index (χ4v) is 5.61. The summed E-state index contributed by atoms with van der Waals surface area (Å²) in [5.41, 5.74) is 8.70. The number of likely N-dealkylation sites (tertiary alicyclic amines) is 1. The Balaban J connectivity index is 1.27. The first-order chi connectivity index (χ1) is 18.7. The van der Waals surface area contributed by atoms with Crippen molar-refractivity contribution in [3.8, 4) is 11.1 Å². The molecule has 198 valence electrons. The van der Waals surface area contributed by atoms with E-state index in [1.807, 2.05) is 19.1 Å². The van der Waals surface area contributed by atoms with Gasteiger partial charge in [-0.2, -0.15) is 5.10 Å². The number of benzene rings is 1. The smallest absolute Gasteiger partial charge is 0.269 e. The Bertz CT molecular complexity index is 1650. The molecule has 0 bridgehead atoms. The molecule has 2 fully saturated rings. The Labute approximate surface area is 231 Å². The van der Waals surface area contributed by atoms with Gasteiger partial charge in [0.25, 0.3) is 5.91 Å². The monoisotopic (exact) mass is 588 g/mol. The Morgan fingerprint density at radius 1 is 1.10 bits per heavy atom. The van der Waals surface area contributed by atoms with Gasteiger partial charge in [-0.1, -0.05) is 12.1 Å². The molecule has 0 spiro atoms. The number of aryl methyl sites for hydroxylation is 2. The number of hydrogen-bond acceptors (Lipinski definition) is 7. The van der Waals surface area contributed by atoms with Crippen LogP contribution in [0.25, 0.3) is 22.0 Å².